The fraction of sp³-hybridized carbons (Fsp3) is 0.500. The van der Waals surface area contributed by atoms with E-state index in [0.717, 1.165) is 11.1 Å². The molecule has 0 aromatic heterocycles. The molecule has 0 aliphatic rings. The Morgan fingerprint density at radius 1 is 1.29 bits per heavy atom. The molecule has 5 nitrogen and oxygen atoms in total. The summed E-state index contributed by atoms with van der Waals surface area (Å²) < 4.78 is 5.46. The predicted molar refractivity (Wildman–Crippen MR) is 80.5 cm³/mol. The van der Waals surface area contributed by atoms with Crippen LogP contribution in [0, 0.1) is 19.3 Å². The van der Waals surface area contributed by atoms with Crippen molar-refractivity contribution in [1.29, 1.82) is 0 Å². The quantitative estimate of drug-likeness (QED) is 0.809. The molecular formula is C16H23NO4. The summed E-state index contributed by atoms with van der Waals surface area (Å²) in [5.74, 6) is -0.443. The Labute approximate surface area is 125 Å². The van der Waals surface area contributed by atoms with Crippen LogP contribution in [0.15, 0.2) is 18.2 Å². The zero-order valence-electron chi connectivity index (χ0n) is 13.0. The third kappa shape index (κ3) is 5.45. The first-order valence-electron chi connectivity index (χ1n) is 6.92. The third-order valence-corrected chi connectivity index (χ3v) is 3.34. The smallest absolute Gasteiger partial charge is 0.309 e. The lowest BCUT2D eigenvalue weighted by atomic mass is 9.90. The molecule has 0 aliphatic carbocycles. The Hall–Kier alpha value is -2.04. The normalized spacial score (nSPS) is 11.0. The zero-order chi connectivity index (χ0) is 16.0. The van der Waals surface area contributed by atoms with Gasteiger partial charge in [-0.25, -0.2) is 0 Å². The number of benzene rings is 1. The number of carboxylic acid groups (broad SMARTS) is 1. The molecule has 0 saturated carbocycles. The Balaban J connectivity index is 2.36. The fourth-order valence-electron chi connectivity index (χ4n) is 1.78. The van der Waals surface area contributed by atoms with Gasteiger partial charge < -0.3 is 15.2 Å². The van der Waals surface area contributed by atoms with Crippen molar-refractivity contribution in [2.75, 3.05) is 13.2 Å². The Bertz CT molecular complexity index is 523. The average Bonchev–Trinajstić information content (AvgIpc) is 2.37. The maximum absolute atomic E-state index is 11.7. The first kappa shape index (κ1) is 17.0. The van der Waals surface area contributed by atoms with E-state index in [-0.39, 0.29) is 12.5 Å². The number of hydrogen-bond acceptors (Lipinski definition) is 3. The van der Waals surface area contributed by atoms with Gasteiger partial charge in [-0.15, -0.1) is 0 Å². The summed E-state index contributed by atoms with van der Waals surface area (Å²) in [6.45, 7) is 7.43. The summed E-state index contributed by atoms with van der Waals surface area (Å²) in [5, 5.41) is 11.6. The van der Waals surface area contributed by atoms with E-state index in [1.54, 1.807) is 13.8 Å². The monoisotopic (exact) mass is 293 g/mol. The molecule has 0 aliphatic heterocycles. The minimum Gasteiger partial charge on any atom is -0.484 e. The maximum atomic E-state index is 11.7. The van der Waals surface area contributed by atoms with E-state index < -0.39 is 11.4 Å². The number of nitrogens with one attached hydrogen (secondary N) is 1. The van der Waals surface area contributed by atoms with Gasteiger partial charge >= 0.3 is 5.97 Å². The summed E-state index contributed by atoms with van der Waals surface area (Å²) >= 11 is 0. The van der Waals surface area contributed by atoms with E-state index in [4.69, 9.17) is 9.84 Å². The number of ether oxygens (including phenoxy) is 1. The Kier molecular flexibility index (Phi) is 5.76. The van der Waals surface area contributed by atoms with Gasteiger partial charge in [0.1, 0.15) is 5.75 Å². The summed E-state index contributed by atoms with van der Waals surface area (Å²) in [7, 11) is 0. The molecule has 21 heavy (non-hydrogen) atoms. The number of aryl methyl sites for hydroxylation is 2. The van der Waals surface area contributed by atoms with Gasteiger partial charge in [-0.05, 0) is 45.7 Å². The van der Waals surface area contributed by atoms with Crippen LogP contribution in [0.3, 0.4) is 0 Å². The largest absolute Gasteiger partial charge is 0.484 e. The first-order chi connectivity index (χ1) is 9.72. The van der Waals surface area contributed by atoms with Gasteiger partial charge in [0.15, 0.2) is 6.61 Å². The zero-order valence-corrected chi connectivity index (χ0v) is 13.0. The number of aliphatic carboxylic acids is 1. The molecule has 0 radical (unpaired) electrons. The lowest BCUT2D eigenvalue weighted by Gasteiger charge is -2.19. The van der Waals surface area contributed by atoms with Crippen LogP contribution in [0.5, 0.6) is 5.75 Å². The van der Waals surface area contributed by atoms with Crippen LogP contribution in [0.1, 0.15) is 31.4 Å². The van der Waals surface area contributed by atoms with Gasteiger partial charge in [0, 0.05) is 6.54 Å². The fourth-order valence-corrected chi connectivity index (χ4v) is 1.78. The first-order valence-corrected chi connectivity index (χ1v) is 6.92. The van der Waals surface area contributed by atoms with Crippen molar-refractivity contribution in [2.24, 2.45) is 5.41 Å². The van der Waals surface area contributed by atoms with Crippen molar-refractivity contribution in [3.05, 3.63) is 29.3 Å². The highest BCUT2D eigenvalue weighted by atomic mass is 16.5. The Morgan fingerprint density at radius 2 is 1.95 bits per heavy atom. The third-order valence-electron chi connectivity index (χ3n) is 3.34. The SMILES string of the molecule is Cc1ccc(OCC(=O)NCCC(C)(C)C(=O)O)c(C)c1. The second-order valence-corrected chi connectivity index (χ2v) is 5.85. The van der Waals surface area contributed by atoms with Crippen LogP contribution in [-0.2, 0) is 9.59 Å². The topological polar surface area (TPSA) is 75.6 Å². The van der Waals surface area contributed by atoms with Crippen molar-refractivity contribution in [1.82, 2.24) is 5.32 Å². The van der Waals surface area contributed by atoms with E-state index in [9.17, 15) is 9.59 Å². The molecular weight excluding hydrogens is 270 g/mol. The molecule has 116 valence electrons. The van der Waals surface area contributed by atoms with E-state index in [1.807, 2.05) is 32.0 Å². The van der Waals surface area contributed by atoms with Crippen molar-refractivity contribution in [3.63, 3.8) is 0 Å². The van der Waals surface area contributed by atoms with Gasteiger partial charge in [-0.3, -0.25) is 9.59 Å². The van der Waals surface area contributed by atoms with Crippen LogP contribution in [0.4, 0.5) is 0 Å². The molecule has 1 amide bonds. The minimum absolute atomic E-state index is 0.0720. The highest BCUT2D eigenvalue weighted by molar-refractivity contribution is 5.78. The lowest BCUT2D eigenvalue weighted by molar-refractivity contribution is -0.147. The molecule has 0 heterocycles. The van der Waals surface area contributed by atoms with Gasteiger partial charge in [0.2, 0.25) is 0 Å². The van der Waals surface area contributed by atoms with Crippen molar-refractivity contribution in [2.45, 2.75) is 34.1 Å². The van der Waals surface area contributed by atoms with E-state index in [2.05, 4.69) is 5.32 Å². The Morgan fingerprint density at radius 3 is 2.52 bits per heavy atom. The molecule has 1 rings (SSSR count). The van der Waals surface area contributed by atoms with Crippen LogP contribution in [0.2, 0.25) is 0 Å². The standard InChI is InChI=1S/C16H23NO4/c1-11-5-6-13(12(2)9-11)21-10-14(18)17-8-7-16(3,4)15(19)20/h5-6,9H,7-8,10H2,1-4H3,(H,17,18)(H,19,20). The molecule has 0 fully saturated rings. The molecule has 2 N–H and O–H groups in total. The van der Waals surface area contributed by atoms with Gasteiger partial charge in [-0.1, -0.05) is 17.7 Å². The molecule has 5 heteroatoms. The van der Waals surface area contributed by atoms with Gasteiger partial charge in [-0.2, -0.15) is 0 Å². The van der Waals surface area contributed by atoms with Gasteiger partial charge in [0.25, 0.3) is 5.91 Å². The summed E-state index contributed by atoms with van der Waals surface area (Å²) in [4.78, 5) is 22.6. The molecule has 0 atom stereocenters. The van der Waals surface area contributed by atoms with Gasteiger partial charge in [0.05, 0.1) is 5.41 Å². The molecule has 1 aromatic rings. The summed E-state index contributed by atoms with van der Waals surface area (Å²) in [6.07, 6.45) is 0.373. The second kappa shape index (κ2) is 7.11. The molecule has 1 aromatic carbocycles. The van der Waals surface area contributed by atoms with Crippen LogP contribution in [0.25, 0.3) is 0 Å². The molecule has 0 spiro atoms. The van der Waals surface area contributed by atoms with Crippen LogP contribution >= 0.6 is 0 Å². The number of hydrogen-bond donors (Lipinski definition) is 2. The molecule has 0 bridgehead atoms. The highest BCUT2D eigenvalue weighted by Crippen LogP contribution is 2.20. The number of carboxylic acids is 1. The highest BCUT2D eigenvalue weighted by Gasteiger charge is 2.26. The number of amides is 1. The average molecular weight is 293 g/mol. The lowest BCUT2D eigenvalue weighted by Crippen LogP contribution is -2.34. The number of rotatable bonds is 7. The van der Waals surface area contributed by atoms with E-state index in [0.29, 0.717) is 18.7 Å². The van der Waals surface area contributed by atoms with Crippen LogP contribution < -0.4 is 10.1 Å². The predicted octanol–water partition coefficient (Wildman–Crippen LogP) is 2.30. The van der Waals surface area contributed by atoms with Crippen molar-refractivity contribution in [3.8, 4) is 5.75 Å². The van der Waals surface area contributed by atoms with Crippen molar-refractivity contribution >= 4 is 11.9 Å². The summed E-state index contributed by atoms with van der Waals surface area (Å²) in [5.41, 5.74) is 1.27. The van der Waals surface area contributed by atoms with E-state index >= 15 is 0 Å². The van der Waals surface area contributed by atoms with Crippen LogP contribution in [-0.4, -0.2) is 30.1 Å². The number of carbonyl (C=O) groups excluding carboxylic acids is 1. The minimum atomic E-state index is -0.872. The van der Waals surface area contributed by atoms with Crippen molar-refractivity contribution < 1.29 is 19.4 Å². The molecule has 0 unspecified atom stereocenters. The summed E-state index contributed by atoms with van der Waals surface area (Å²) in [6, 6.07) is 5.75. The van der Waals surface area contributed by atoms with E-state index in [1.165, 1.54) is 0 Å². The number of carbonyl (C=O) groups is 2. The molecule has 0 saturated heterocycles. The second-order valence-electron chi connectivity index (χ2n) is 5.85. The maximum Gasteiger partial charge on any atom is 0.309 e.